The Bertz CT molecular complexity index is 682. The highest BCUT2D eigenvalue weighted by Gasteiger charge is 2.13. The van der Waals surface area contributed by atoms with Crippen LogP contribution in [0.1, 0.15) is 11.1 Å². The zero-order valence-electron chi connectivity index (χ0n) is 9.47. The first-order chi connectivity index (χ1) is 8.36. The largest absolute Gasteiger partial charge is 0.332 e. The van der Waals surface area contributed by atoms with Crippen molar-refractivity contribution in [2.45, 2.75) is 18.5 Å². The van der Waals surface area contributed by atoms with Crippen LogP contribution in [0.5, 0.6) is 0 Å². The second-order valence-corrected chi connectivity index (χ2v) is 6.41. The molecule has 2 rings (SSSR count). The van der Waals surface area contributed by atoms with Crippen LogP contribution >= 0.6 is 10.7 Å². The van der Waals surface area contributed by atoms with Gasteiger partial charge in [0.05, 0.1) is 6.33 Å². The van der Waals surface area contributed by atoms with E-state index in [1.54, 1.807) is 6.07 Å². The second kappa shape index (κ2) is 4.70. The molecule has 1 aromatic carbocycles. The van der Waals surface area contributed by atoms with Crippen LogP contribution in [0.15, 0.2) is 35.7 Å². The minimum absolute atomic E-state index is 0.210. The van der Waals surface area contributed by atoms with Gasteiger partial charge < -0.3 is 4.57 Å². The van der Waals surface area contributed by atoms with Gasteiger partial charge in [0.1, 0.15) is 5.82 Å². The molecule has 0 saturated heterocycles. The third-order valence-electron chi connectivity index (χ3n) is 2.52. The first-order valence-electron chi connectivity index (χ1n) is 5.08. The van der Waals surface area contributed by atoms with Crippen LogP contribution < -0.4 is 0 Å². The minimum Gasteiger partial charge on any atom is -0.332 e. The lowest BCUT2D eigenvalue weighted by Gasteiger charge is -2.06. The molecule has 0 atom stereocenters. The lowest BCUT2D eigenvalue weighted by atomic mass is 10.1. The highest BCUT2D eigenvalue weighted by atomic mass is 35.7. The summed E-state index contributed by atoms with van der Waals surface area (Å²) in [5.41, 5.74) is 1.67. The summed E-state index contributed by atoms with van der Waals surface area (Å²) in [5, 5.41) is -0.210. The Kier molecular flexibility index (Phi) is 3.41. The molecule has 2 aromatic rings. The van der Waals surface area contributed by atoms with E-state index in [0.717, 1.165) is 11.1 Å². The molecule has 1 aromatic heterocycles. The molecule has 0 aliphatic carbocycles. The summed E-state index contributed by atoms with van der Waals surface area (Å²) in [6, 6.07) is 4.45. The number of halogens is 2. The van der Waals surface area contributed by atoms with Gasteiger partial charge in [0.15, 0.2) is 5.03 Å². The summed E-state index contributed by atoms with van der Waals surface area (Å²) in [6.45, 7) is 2.19. The van der Waals surface area contributed by atoms with Gasteiger partial charge in [-0.3, -0.25) is 0 Å². The van der Waals surface area contributed by atoms with Gasteiger partial charge in [0.25, 0.3) is 9.05 Å². The zero-order chi connectivity index (χ0) is 13.3. The molecule has 18 heavy (non-hydrogen) atoms. The number of nitrogens with zero attached hydrogens (tertiary/aromatic N) is 2. The van der Waals surface area contributed by atoms with Crippen LogP contribution in [0.4, 0.5) is 4.39 Å². The molecule has 4 nitrogen and oxygen atoms in total. The number of aryl methyl sites for hydroxylation is 1. The summed E-state index contributed by atoms with van der Waals surface area (Å²) in [7, 11) is 1.34. The van der Waals surface area contributed by atoms with Crippen molar-refractivity contribution in [2.75, 3.05) is 0 Å². The molecule has 0 unspecified atom stereocenters. The third-order valence-corrected chi connectivity index (χ3v) is 3.71. The molecule has 0 saturated carbocycles. The molecule has 0 spiro atoms. The first-order valence-corrected chi connectivity index (χ1v) is 7.38. The predicted molar refractivity (Wildman–Crippen MR) is 65.5 cm³/mol. The SMILES string of the molecule is Cc1ccc(F)cc1Cn1cnc(S(=O)(=O)Cl)c1. The van der Waals surface area contributed by atoms with Gasteiger partial charge in [0, 0.05) is 23.4 Å². The van der Waals surface area contributed by atoms with E-state index in [2.05, 4.69) is 4.98 Å². The van der Waals surface area contributed by atoms with E-state index in [9.17, 15) is 12.8 Å². The molecule has 0 aliphatic rings. The van der Waals surface area contributed by atoms with Gasteiger partial charge in [-0.1, -0.05) is 6.07 Å². The van der Waals surface area contributed by atoms with Gasteiger partial charge in [-0.05, 0) is 30.2 Å². The van der Waals surface area contributed by atoms with Gasteiger partial charge in [-0.25, -0.2) is 17.8 Å². The Morgan fingerprint density at radius 2 is 2.17 bits per heavy atom. The minimum atomic E-state index is -3.83. The van der Waals surface area contributed by atoms with Crippen molar-refractivity contribution in [1.82, 2.24) is 9.55 Å². The quantitative estimate of drug-likeness (QED) is 0.815. The Balaban J connectivity index is 2.29. The fraction of sp³-hybridized carbons (Fsp3) is 0.182. The Morgan fingerprint density at radius 3 is 2.78 bits per heavy atom. The molecule has 1 heterocycles. The van der Waals surface area contributed by atoms with Gasteiger partial charge in [-0.15, -0.1) is 0 Å². The molecular weight excluding hydrogens is 279 g/mol. The lowest BCUT2D eigenvalue weighted by Crippen LogP contribution is -1.99. The average molecular weight is 289 g/mol. The molecule has 0 radical (unpaired) electrons. The molecule has 0 amide bonds. The topological polar surface area (TPSA) is 52.0 Å². The zero-order valence-corrected chi connectivity index (χ0v) is 11.0. The third kappa shape index (κ3) is 2.88. The number of rotatable bonds is 3. The highest BCUT2D eigenvalue weighted by Crippen LogP contribution is 2.15. The standard InChI is InChI=1S/C11H10ClFN2O2S/c1-8-2-3-10(13)4-9(8)5-15-6-11(14-7-15)18(12,16)17/h2-4,6-7H,5H2,1H3. The van der Waals surface area contributed by atoms with Crippen molar-refractivity contribution in [3.05, 3.63) is 47.7 Å². The second-order valence-electron chi connectivity index (χ2n) is 3.89. The van der Waals surface area contributed by atoms with E-state index in [4.69, 9.17) is 10.7 Å². The Hall–Kier alpha value is -1.40. The van der Waals surface area contributed by atoms with Gasteiger partial charge in [-0.2, -0.15) is 0 Å². The van der Waals surface area contributed by atoms with Crippen LogP contribution in [-0.2, 0) is 15.6 Å². The molecule has 0 bridgehead atoms. The van der Waals surface area contributed by atoms with E-state index in [1.165, 1.54) is 29.2 Å². The number of aromatic nitrogens is 2. The van der Waals surface area contributed by atoms with E-state index in [0.29, 0.717) is 6.54 Å². The number of hydrogen-bond acceptors (Lipinski definition) is 3. The summed E-state index contributed by atoms with van der Waals surface area (Å²) in [5.74, 6) is -0.332. The predicted octanol–water partition coefficient (Wildman–Crippen LogP) is 2.31. The normalized spacial score (nSPS) is 11.7. The molecule has 0 N–H and O–H groups in total. The maximum atomic E-state index is 13.1. The van der Waals surface area contributed by atoms with Crippen LogP contribution in [0.3, 0.4) is 0 Å². The van der Waals surface area contributed by atoms with Crippen LogP contribution in [0.25, 0.3) is 0 Å². The lowest BCUT2D eigenvalue weighted by molar-refractivity contribution is 0.606. The molecule has 96 valence electrons. The maximum Gasteiger partial charge on any atom is 0.280 e. The van der Waals surface area contributed by atoms with Gasteiger partial charge in [0.2, 0.25) is 0 Å². The number of imidazole rings is 1. The molecular formula is C11H10ClFN2O2S. The molecule has 7 heteroatoms. The monoisotopic (exact) mass is 288 g/mol. The highest BCUT2D eigenvalue weighted by molar-refractivity contribution is 8.13. The van der Waals surface area contributed by atoms with E-state index in [-0.39, 0.29) is 10.8 Å². The fourth-order valence-electron chi connectivity index (χ4n) is 1.56. The molecule has 0 fully saturated rings. The molecule has 0 aliphatic heterocycles. The first kappa shape index (κ1) is 13.0. The summed E-state index contributed by atoms with van der Waals surface area (Å²) >= 11 is 0. The summed E-state index contributed by atoms with van der Waals surface area (Å²) in [6.07, 6.45) is 2.66. The van der Waals surface area contributed by atoms with Crippen LogP contribution in [-0.4, -0.2) is 18.0 Å². The van der Waals surface area contributed by atoms with Crippen molar-refractivity contribution >= 4 is 19.7 Å². The smallest absolute Gasteiger partial charge is 0.280 e. The van der Waals surface area contributed by atoms with Crippen molar-refractivity contribution in [1.29, 1.82) is 0 Å². The van der Waals surface area contributed by atoms with Crippen molar-refractivity contribution in [2.24, 2.45) is 0 Å². The maximum absolute atomic E-state index is 13.1. The van der Waals surface area contributed by atoms with Crippen molar-refractivity contribution < 1.29 is 12.8 Å². The number of benzene rings is 1. The summed E-state index contributed by atoms with van der Waals surface area (Å²) in [4.78, 5) is 3.69. The van der Waals surface area contributed by atoms with Crippen LogP contribution in [0.2, 0.25) is 0 Å². The van der Waals surface area contributed by atoms with Crippen molar-refractivity contribution in [3.63, 3.8) is 0 Å². The van der Waals surface area contributed by atoms with Crippen LogP contribution in [0, 0.1) is 12.7 Å². The Labute approximate surface area is 108 Å². The Morgan fingerprint density at radius 1 is 1.44 bits per heavy atom. The summed E-state index contributed by atoms with van der Waals surface area (Å²) < 4.78 is 36.7. The van der Waals surface area contributed by atoms with E-state index >= 15 is 0 Å². The van der Waals surface area contributed by atoms with Crippen molar-refractivity contribution in [3.8, 4) is 0 Å². The fourth-order valence-corrected chi connectivity index (χ4v) is 2.23. The van der Waals surface area contributed by atoms with Gasteiger partial charge >= 0.3 is 0 Å². The average Bonchev–Trinajstić information content (AvgIpc) is 2.71. The van der Waals surface area contributed by atoms with E-state index in [1.807, 2.05) is 6.92 Å². The number of hydrogen-bond donors (Lipinski definition) is 0. The van der Waals surface area contributed by atoms with E-state index < -0.39 is 9.05 Å².